The summed E-state index contributed by atoms with van der Waals surface area (Å²) in [6.07, 6.45) is 0.577. The second kappa shape index (κ2) is 9.95. The monoisotopic (exact) mass is 490 g/mol. The fraction of sp³-hybridized carbons (Fsp3) is 0.231. The summed E-state index contributed by atoms with van der Waals surface area (Å²) in [6.45, 7) is 1.59. The number of H-pyrrole nitrogens is 1. The molecule has 0 fully saturated rings. The van der Waals surface area contributed by atoms with E-state index < -0.39 is 35.5 Å². The molecular formula is C26H26N4O6. The van der Waals surface area contributed by atoms with Gasteiger partial charge in [0.15, 0.2) is 0 Å². The lowest BCUT2D eigenvalue weighted by Crippen LogP contribution is -2.62. The molecule has 0 saturated carbocycles. The molecule has 3 aromatic rings. The van der Waals surface area contributed by atoms with Crippen LogP contribution in [0.1, 0.15) is 29.8 Å². The highest BCUT2D eigenvalue weighted by atomic mass is 16.4. The molecule has 1 aliphatic rings. The van der Waals surface area contributed by atoms with Crippen LogP contribution in [0.2, 0.25) is 0 Å². The van der Waals surface area contributed by atoms with E-state index in [0.717, 1.165) is 39.2 Å². The maximum absolute atomic E-state index is 13.5. The molecule has 2 unspecified atom stereocenters. The number of hydrogen-bond acceptors (Lipinski definition) is 4. The Labute approximate surface area is 206 Å². The Balaban J connectivity index is 1.57. The van der Waals surface area contributed by atoms with E-state index >= 15 is 0 Å². The number of hydrogen-bond donors (Lipinski definition) is 5. The van der Waals surface area contributed by atoms with E-state index in [1.54, 1.807) is 37.3 Å². The molecule has 2 aromatic carbocycles. The van der Waals surface area contributed by atoms with Gasteiger partial charge >= 0.3 is 12.1 Å². The normalized spacial score (nSPS) is 18.0. The number of amides is 3. The smallest absolute Gasteiger partial charge is 0.408 e. The topological polar surface area (TPSA) is 152 Å². The minimum absolute atomic E-state index is 0.0285. The first-order chi connectivity index (χ1) is 17.2. The zero-order valence-corrected chi connectivity index (χ0v) is 19.5. The van der Waals surface area contributed by atoms with E-state index in [0.29, 0.717) is 5.56 Å². The molecule has 0 bridgehead atoms. The minimum atomic E-state index is -1.39. The molecule has 0 spiro atoms. The summed E-state index contributed by atoms with van der Waals surface area (Å²) in [5.74, 6) is -2.40. The lowest BCUT2D eigenvalue weighted by molar-refractivity contribution is -0.133. The fourth-order valence-electron chi connectivity index (χ4n) is 4.54. The molecule has 186 valence electrons. The molecule has 0 radical (unpaired) electrons. The minimum Gasteiger partial charge on any atom is -0.478 e. The van der Waals surface area contributed by atoms with Crippen LogP contribution in [0.5, 0.6) is 0 Å². The molecule has 36 heavy (non-hydrogen) atoms. The SMILES string of the molecule is CC1(C(=O)NCC(NC(=O)C=CC(=O)O)c2ccccc2)Cc2c([nH]c3ccccc23)CN1C(=O)O. The van der Waals surface area contributed by atoms with Crippen molar-refractivity contribution in [1.29, 1.82) is 0 Å². The highest BCUT2D eigenvalue weighted by Gasteiger charge is 2.47. The lowest BCUT2D eigenvalue weighted by Gasteiger charge is -2.41. The number of carbonyl (C=O) groups is 4. The van der Waals surface area contributed by atoms with Crippen LogP contribution < -0.4 is 10.6 Å². The number of carbonyl (C=O) groups excluding carboxylic acids is 2. The Kier molecular flexibility index (Phi) is 6.77. The Morgan fingerprint density at radius 1 is 1.06 bits per heavy atom. The van der Waals surface area contributed by atoms with Gasteiger partial charge in [0.1, 0.15) is 5.54 Å². The third kappa shape index (κ3) is 4.92. The number of rotatable bonds is 7. The number of aromatic amines is 1. The molecule has 2 atom stereocenters. The number of fused-ring (bicyclic) bond motifs is 3. The van der Waals surface area contributed by atoms with Gasteiger partial charge in [-0.25, -0.2) is 9.59 Å². The molecular weight excluding hydrogens is 464 g/mol. The molecule has 5 N–H and O–H groups in total. The van der Waals surface area contributed by atoms with Crippen molar-refractivity contribution >= 4 is 34.8 Å². The van der Waals surface area contributed by atoms with Gasteiger partial charge in [-0.2, -0.15) is 0 Å². The van der Waals surface area contributed by atoms with Crippen molar-refractivity contribution in [2.75, 3.05) is 6.54 Å². The zero-order chi connectivity index (χ0) is 25.9. The Morgan fingerprint density at radius 2 is 1.75 bits per heavy atom. The Morgan fingerprint density at radius 3 is 2.44 bits per heavy atom. The van der Waals surface area contributed by atoms with Crippen molar-refractivity contribution in [2.45, 2.75) is 31.5 Å². The van der Waals surface area contributed by atoms with E-state index in [4.69, 9.17) is 5.11 Å². The van der Waals surface area contributed by atoms with Crippen molar-refractivity contribution in [1.82, 2.24) is 20.5 Å². The molecule has 1 aliphatic heterocycles. The molecule has 1 aromatic heterocycles. The van der Waals surface area contributed by atoms with Gasteiger partial charge in [-0.3, -0.25) is 14.5 Å². The van der Waals surface area contributed by atoms with Crippen molar-refractivity contribution in [3.63, 3.8) is 0 Å². The van der Waals surface area contributed by atoms with Crippen molar-refractivity contribution < 1.29 is 29.4 Å². The molecule has 2 heterocycles. The van der Waals surface area contributed by atoms with Crippen LogP contribution in [0, 0.1) is 0 Å². The summed E-state index contributed by atoms with van der Waals surface area (Å²) in [6, 6.07) is 15.8. The second-order valence-corrected chi connectivity index (χ2v) is 8.80. The average Bonchev–Trinajstić information content (AvgIpc) is 3.22. The number of aliphatic carboxylic acids is 1. The average molecular weight is 491 g/mol. The first kappa shape index (κ1) is 24.5. The largest absolute Gasteiger partial charge is 0.478 e. The van der Waals surface area contributed by atoms with E-state index in [2.05, 4.69) is 15.6 Å². The van der Waals surface area contributed by atoms with Gasteiger partial charge in [0.2, 0.25) is 11.8 Å². The number of nitrogens with one attached hydrogen (secondary N) is 3. The van der Waals surface area contributed by atoms with Crippen LogP contribution in [-0.2, 0) is 27.3 Å². The van der Waals surface area contributed by atoms with Gasteiger partial charge in [-0.1, -0.05) is 48.5 Å². The number of carboxylic acid groups (broad SMARTS) is 2. The molecule has 4 rings (SSSR count). The van der Waals surface area contributed by atoms with Crippen LogP contribution in [0.4, 0.5) is 4.79 Å². The maximum Gasteiger partial charge on any atom is 0.408 e. The molecule has 10 nitrogen and oxygen atoms in total. The van der Waals surface area contributed by atoms with Crippen LogP contribution in [0.25, 0.3) is 10.9 Å². The number of carboxylic acids is 1. The zero-order valence-electron chi connectivity index (χ0n) is 19.5. The van der Waals surface area contributed by atoms with E-state index in [-0.39, 0.29) is 19.5 Å². The number of nitrogens with zero attached hydrogens (tertiary/aromatic N) is 1. The predicted molar refractivity (Wildman–Crippen MR) is 131 cm³/mol. The second-order valence-electron chi connectivity index (χ2n) is 8.80. The summed E-state index contributed by atoms with van der Waals surface area (Å²) in [5.41, 5.74) is 1.82. The van der Waals surface area contributed by atoms with Gasteiger partial charge in [0, 0.05) is 41.7 Å². The molecule has 0 aliphatic carbocycles. The predicted octanol–water partition coefficient (Wildman–Crippen LogP) is 2.58. The van der Waals surface area contributed by atoms with Crippen LogP contribution >= 0.6 is 0 Å². The van der Waals surface area contributed by atoms with E-state index in [1.165, 1.54) is 0 Å². The van der Waals surface area contributed by atoms with Crippen LogP contribution in [0.15, 0.2) is 66.7 Å². The Hall–Kier alpha value is -4.60. The van der Waals surface area contributed by atoms with Gasteiger partial charge in [0.05, 0.1) is 12.6 Å². The van der Waals surface area contributed by atoms with Gasteiger partial charge < -0.3 is 25.8 Å². The summed E-state index contributed by atoms with van der Waals surface area (Å²) in [7, 11) is 0. The number of aromatic nitrogens is 1. The van der Waals surface area contributed by atoms with Gasteiger partial charge in [0.25, 0.3) is 0 Å². The summed E-state index contributed by atoms with van der Waals surface area (Å²) in [4.78, 5) is 53.0. The fourth-order valence-corrected chi connectivity index (χ4v) is 4.54. The Bertz CT molecular complexity index is 1350. The van der Waals surface area contributed by atoms with Gasteiger partial charge in [-0.15, -0.1) is 0 Å². The summed E-state index contributed by atoms with van der Waals surface area (Å²) < 4.78 is 0. The number of benzene rings is 2. The molecule has 10 heteroatoms. The molecule has 3 amide bonds. The highest BCUT2D eigenvalue weighted by Crippen LogP contribution is 2.35. The summed E-state index contributed by atoms with van der Waals surface area (Å²) in [5, 5.41) is 25.1. The quantitative estimate of drug-likeness (QED) is 0.321. The maximum atomic E-state index is 13.5. The van der Waals surface area contributed by atoms with Gasteiger partial charge in [-0.05, 0) is 24.1 Å². The third-order valence-electron chi connectivity index (χ3n) is 6.42. The summed E-state index contributed by atoms with van der Waals surface area (Å²) >= 11 is 0. The third-order valence-corrected chi connectivity index (χ3v) is 6.42. The van der Waals surface area contributed by atoms with E-state index in [9.17, 15) is 24.3 Å². The van der Waals surface area contributed by atoms with Crippen LogP contribution in [0.3, 0.4) is 0 Å². The highest BCUT2D eigenvalue weighted by molar-refractivity contribution is 5.95. The van der Waals surface area contributed by atoms with Crippen molar-refractivity contribution in [2.24, 2.45) is 0 Å². The first-order valence-corrected chi connectivity index (χ1v) is 11.3. The molecule has 0 saturated heterocycles. The van der Waals surface area contributed by atoms with Crippen molar-refractivity contribution in [3.8, 4) is 0 Å². The first-order valence-electron chi connectivity index (χ1n) is 11.3. The number of para-hydroxylation sites is 1. The van der Waals surface area contributed by atoms with Crippen LogP contribution in [-0.4, -0.2) is 56.1 Å². The van der Waals surface area contributed by atoms with Crippen molar-refractivity contribution in [3.05, 3.63) is 83.6 Å². The lowest BCUT2D eigenvalue weighted by atomic mass is 9.85. The standard InChI is InChI=1S/C26H26N4O6/c1-26(13-18-17-9-5-6-10-19(17)28-21(18)15-30(26)25(35)36)24(34)27-14-20(16-7-3-2-4-8-16)29-22(31)11-12-23(32)33/h2-12,20,28H,13-15H2,1H3,(H,27,34)(H,29,31)(H,32,33)(H,35,36). The van der Waals surface area contributed by atoms with E-state index in [1.807, 2.05) is 24.3 Å².